The summed E-state index contributed by atoms with van der Waals surface area (Å²) < 4.78 is 1.86. The number of H-pyrrole nitrogens is 1. The maximum absolute atomic E-state index is 12.8. The molecule has 1 amide bonds. The van der Waals surface area contributed by atoms with Crippen molar-refractivity contribution in [1.29, 1.82) is 0 Å². The van der Waals surface area contributed by atoms with Crippen molar-refractivity contribution in [2.45, 2.75) is 24.8 Å². The molecule has 0 spiro atoms. The summed E-state index contributed by atoms with van der Waals surface area (Å²) in [5.74, 6) is 1.16. The normalized spacial score (nSPS) is 14.8. The van der Waals surface area contributed by atoms with E-state index >= 15 is 0 Å². The summed E-state index contributed by atoms with van der Waals surface area (Å²) >= 11 is 0. The van der Waals surface area contributed by atoms with Gasteiger partial charge in [0, 0.05) is 31.4 Å². The third-order valence-corrected chi connectivity index (χ3v) is 4.48. The first kappa shape index (κ1) is 16.3. The van der Waals surface area contributed by atoms with Gasteiger partial charge < -0.3 is 14.9 Å². The molecule has 2 N–H and O–H groups in total. The number of amides is 1. The Morgan fingerprint density at radius 3 is 2.73 bits per heavy atom. The highest BCUT2D eigenvalue weighted by atomic mass is 16.2. The van der Waals surface area contributed by atoms with E-state index in [9.17, 15) is 9.59 Å². The predicted molar refractivity (Wildman–Crippen MR) is 95.8 cm³/mol. The van der Waals surface area contributed by atoms with Crippen LogP contribution in [0.15, 0.2) is 53.6 Å². The highest BCUT2D eigenvalue weighted by molar-refractivity contribution is 5.92. The first-order valence-corrected chi connectivity index (χ1v) is 8.56. The van der Waals surface area contributed by atoms with Gasteiger partial charge in [-0.2, -0.15) is 0 Å². The van der Waals surface area contributed by atoms with Crippen molar-refractivity contribution in [3.8, 4) is 0 Å². The number of carbonyl (C=O) groups is 1. The van der Waals surface area contributed by atoms with Crippen LogP contribution in [-0.2, 0) is 7.05 Å². The van der Waals surface area contributed by atoms with Crippen molar-refractivity contribution in [2.24, 2.45) is 7.05 Å². The number of benzene rings is 1. The van der Waals surface area contributed by atoms with Crippen LogP contribution in [0, 0.1) is 0 Å². The van der Waals surface area contributed by atoms with Gasteiger partial charge in [0.2, 0.25) is 0 Å². The number of aryl methyl sites for hydroxylation is 1. The lowest BCUT2D eigenvalue weighted by Crippen LogP contribution is -2.32. The lowest BCUT2D eigenvalue weighted by Gasteiger charge is -2.19. The molecule has 1 saturated carbocycles. The van der Waals surface area contributed by atoms with Crippen LogP contribution < -0.4 is 10.9 Å². The molecule has 1 aliphatic rings. The zero-order chi connectivity index (χ0) is 18.1. The third-order valence-electron chi connectivity index (χ3n) is 4.48. The molecule has 26 heavy (non-hydrogen) atoms. The van der Waals surface area contributed by atoms with E-state index in [1.54, 1.807) is 6.20 Å². The lowest BCUT2D eigenvalue weighted by molar-refractivity contribution is 0.0935. The van der Waals surface area contributed by atoms with Crippen LogP contribution in [0.3, 0.4) is 0 Å². The van der Waals surface area contributed by atoms with E-state index in [2.05, 4.69) is 20.3 Å². The van der Waals surface area contributed by atoms with Gasteiger partial charge in [-0.3, -0.25) is 9.59 Å². The molecule has 1 atom stereocenters. The molecule has 1 aliphatic carbocycles. The fraction of sp³-hybridized carbons (Fsp3) is 0.263. The molecular weight excluding hydrogens is 330 g/mol. The smallest absolute Gasteiger partial charge is 0.271 e. The van der Waals surface area contributed by atoms with Gasteiger partial charge in [-0.15, -0.1) is 0 Å². The van der Waals surface area contributed by atoms with E-state index in [1.807, 2.05) is 48.1 Å². The number of nitrogens with zero attached hydrogens (tertiary/aromatic N) is 3. The SMILES string of the molecule is Cn1ccnc1C(NC(=O)c1cc(=O)[nH]c(C2CC2)n1)c1ccccc1. The van der Waals surface area contributed by atoms with E-state index in [-0.39, 0.29) is 17.2 Å². The number of hydrogen-bond donors (Lipinski definition) is 2. The van der Waals surface area contributed by atoms with Crippen LogP contribution in [-0.4, -0.2) is 25.4 Å². The Bertz CT molecular complexity index is 988. The molecular formula is C19H19N5O2. The van der Waals surface area contributed by atoms with Crippen LogP contribution >= 0.6 is 0 Å². The molecule has 4 rings (SSSR count). The van der Waals surface area contributed by atoms with Crippen molar-refractivity contribution in [3.63, 3.8) is 0 Å². The monoisotopic (exact) mass is 349 g/mol. The third kappa shape index (κ3) is 3.28. The summed E-state index contributed by atoms with van der Waals surface area (Å²) in [5.41, 5.74) is 0.730. The average Bonchev–Trinajstić information content (AvgIpc) is 3.42. The molecule has 132 valence electrons. The molecule has 1 fully saturated rings. The minimum Gasteiger partial charge on any atom is -0.337 e. The van der Waals surface area contributed by atoms with Gasteiger partial charge in [-0.25, -0.2) is 9.97 Å². The van der Waals surface area contributed by atoms with Gasteiger partial charge in [0.1, 0.15) is 23.4 Å². The first-order chi connectivity index (χ1) is 12.6. The van der Waals surface area contributed by atoms with Crippen molar-refractivity contribution in [2.75, 3.05) is 0 Å². The highest BCUT2D eigenvalue weighted by Crippen LogP contribution is 2.37. The zero-order valence-corrected chi connectivity index (χ0v) is 14.3. The second kappa shape index (κ2) is 6.59. The maximum Gasteiger partial charge on any atom is 0.271 e. The second-order valence-electron chi connectivity index (χ2n) is 6.50. The van der Waals surface area contributed by atoms with E-state index in [1.165, 1.54) is 6.07 Å². The number of imidazole rings is 1. The Balaban J connectivity index is 1.67. The molecule has 7 nitrogen and oxygen atoms in total. The van der Waals surface area contributed by atoms with Crippen molar-refractivity contribution in [3.05, 3.63) is 82.1 Å². The minimum absolute atomic E-state index is 0.130. The zero-order valence-electron chi connectivity index (χ0n) is 14.3. The molecule has 0 aliphatic heterocycles. The number of aromatic amines is 1. The quantitative estimate of drug-likeness (QED) is 0.736. The molecule has 1 unspecified atom stereocenters. The number of rotatable bonds is 5. The summed E-state index contributed by atoms with van der Waals surface area (Å²) in [7, 11) is 1.88. The predicted octanol–water partition coefficient (Wildman–Crippen LogP) is 1.90. The van der Waals surface area contributed by atoms with Gasteiger partial charge in [0.05, 0.1) is 0 Å². The summed E-state index contributed by atoms with van der Waals surface area (Å²) in [5, 5.41) is 2.97. The number of hydrogen-bond acceptors (Lipinski definition) is 4. The molecule has 0 bridgehead atoms. The first-order valence-electron chi connectivity index (χ1n) is 8.56. The fourth-order valence-electron chi connectivity index (χ4n) is 2.95. The molecule has 1 aromatic carbocycles. The van der Waals surface area contributed by atoms with Gasteiger partial charge in [0.15, 0.2) is 0 Å². The summed E-state index contributed by atoms with van der Waals surface area (Å²) in [4.78, 5) is 36.2. The van der Waals surface area contributed by atoms with Crippen LogP contribution in [0.4, 0.5) is 0 Å². The number of aromatic nitrogens is 4. The summed E-state index contributed by atoms with van der Waals surface area (Å²) in [6.07, 6.45) is 5.50. The standard InChI is InChI=1S/C19H19N5O2/c1-24-10-9-20-18(24)16(12-5-3-2-4-6-12)23-19(26)14-11-15(25)22-17(21-14)13-7-8-13/h2-6,9-11,13,16H,7-8H2,1H3,(H,23,26)(H,21,22,25). The summed E-state index contributed by atoms with van der Waals surface area (Å²) in [6.45, 7) is 0. The van der Waals surface area contributed by atoms with Gasteiger partial charge in [0.25, 0.3) is 11.5 Å². The Kier molecular flexibility index (Phi) is 4.12. The Morgan fingerprint density at radius 1 is 1.31 bits per heavy atom. The van der Waals surface area contributed by atoms with Crippen molar-refractivity contribution < 1.29 is 4.79 Å². The average molecular weight is 349 g/mol. The maximum atomic E-state index is 12.8. The minimum atomic E-state index is -0.436. The Morgan fingerprint density at radius 2 is 2.08 bits per heavy atom. The van der Waals surface area contributed by atoms with E-state index in [0.29, 0.717) is 11.6 Å². The lowest BCUT2D eigenvalue weighted by atomic mass is 10.1. The highest BCUT2D eigenvalue weighted by Gasteiger charge is 2.28. The number of carbonyl (C=O) groups excluding carboxylic acids is 1. The van der Waals surface area contributed by atoms with E-state index in [0.717, 1.165) is 18.4 Å². The van der Waals surface area contributed by atoms with Crippen molar-refractivity contribution in [1.82, 2.24) is 24.8 Å². The van der Waals surface area contributed by atoms with Crippen LogP contribution in [0.25, 0.3) is 0 Å². The van der Waals surface area contributed by atoms with Gasteiger partial charge in [-0.05, 0) is 18.4 Å². The largest absolute Gasteiger partial charge is 0.337 e. The Hall–Kier alpha value is -3.22. The number of nitrogens with one attached hydrogen (secondary N) is 2. The summed E-state index contributed by atoms with van der Waals surface area (Å²) in [6, 6.07) is 10.4. The molecule has 2 aromatic heterocycles. The molecule has 7 heteroatoms. The molecule has 0 saturated heterocycles. The molecule has 2 heterocycles. The van der Waals surface area contributed by atoms with Crippen molar-refractivity contribution >= 4 is 5.91 Å². The van der Waals surface area contributed by atoms with Gasteiger partial charge in [-0.1, -0.05) is 30.3 Å². The topological polar surface area (TPSA) is 92.7 Å². The van der Waals surface area contributed by atoms with Crippen LogP contribution in [0.1, 0.15) is 52.5 Å². The molecule has 3 aromatic rings. The van der Waals surface area contributed by atoms with Crippen LogP contribution in [0.2, 0.25) is 0 Å². The van der Waals surface area contributed by atoms with Gasteiger partial charge >= 0.3 is 0 Å². The fourth-order valence-corrected chi connectivity index (χ4v) is 2.95. The molecule has 0 radical (unpaired) electrons. The second-order valence-corrected chi connectivity index (χ2v) is 6.50. The Labute approximate surface area is 150 Å². The van der Waals surface area contributed by atoms with E-state index in [4.69, 9.17) is 0 Å². The van der Waals surface area contributed by atoms with Crippen LogP contribution in [0.5, 0.6) is 0 Å². The van der Waals surface area contributed by atoms with E-state index < -0.39 is 11.9 Å².